The van der Waals surface area contributed by atoms with Gasteiger partial charge in [-0.15, -0.1) is 0 Å². The van der Waals surface area contributed by atoms with Gasteiger partial charge in [0.1, 0.15) is 0 Å². The number of hydrogen-bond donors (Lipinski definition) is 2. The molecule has 4 heteroatoms. The van der Waals surface area contributed by atoms with Crippen LogP contribution in [0.4, 0.5) is 0 Å². The van der Waals surface area contributed by atoms with Gasteiger partial charge in [-0.3, -0.25) is 0 Å². The zero-order chi connectivity index (χ0) is 18.8. The summed E-state index contributed by atoms with van der Waals surface area (Å²) in [5, 5.41) is 24.3. The Labute approximate surface area is 150 Å². The molecular formula is C21H28N2O2. The Hall–Kier alpha value is -2.62. The van der Waals surface area contributed by atoms with Crippen molar-refractivity contribution in [1.29, 1.82) is 0 Å². The maximum atomic E-state index is 9.06. The molecule has 134 valence electrons. The molecule has 0 spiro atoms. The number of rotatable bonds is 6. The van der Waals surface area contributed by atoms with Crippen molar-refractivity contribution < 1.29 is 10.4 Å². The van der Waals surface area contributed by atoms with Crippen LogP contribution in [0.2, 0.25) is 0 Å². The molecule has 0 aromatic carbocycles. The first kappa shape index (κ1) is 20.4. The second-order valence-electron chi connectivity index (χ2n) is 6.29. The molecule has 1 unspecified atom stereocenters. The molecule has 1 atom stereocenters. The Bertz CT molecular complexity index is 714. The summed E-state index contributed by atoms with van der Waals surface area (Å²) in [7, 11) is 0. The predicted octanol–water partition coefficient (Wildman–Crippen LogP) is 5.58. The van der Waals surface area contributed by atoms with Crippen LogP contribution in [-0.2, 0) is 0 Å². The topological polar surface area (TPSA) is 65.2 Å². The van der Waals surface area contributed by atoms with Crippen LogP contribution in [0.5, 0.6) is 0 Å². The van der Waals surface area contributed by atoms with Crippen LogP contribution in [-0.4, -0.2) is 21.8 Å². The van der Waals surface area contributed by atoms with Crippen LogP contribution in [0.15, 0.2) is 81.2 Å². The zero-order valence-electron chi connectivity index (χ0n) is 15.7. The highest BCUT2D eigenvalue weighted by Gasteiger charge is 2.24. The van der Waals surface area contributed by atoms with Crippen LogP contribution in [0.25, 0.3) is 0 Å². The summed E-state index contributed by atoms with van der Waals surface area (Å²) in [6.45, 7) is 9.78. The van der Waals surface area contributed by atoms with Crippen molar-refractivity contribution in [3.05, 3.63) is 70.9 Å². The SMILES string of the molecule is CC1=C(/C=C(C)/C=C/C=C/C=C/C=C(C)/C(C)=N/O)CC(C)/C1=N\O. The van der Waals surface area contributed by atoms with Gasteiger partial charge in [0.25, 0.3) is 0 Å². The van der Waals surface area contributed by atoms with E-state index in [1.54, 1.807) is 6.92 Å². The van der Waals surface area contributed by atoms with Crippen molar-refractivity contribution in [2.75, 3.05) is 0 Å². The molecular weight excluding hydrogens is 312 g/mol. The summed E-state index contributed by atoms with van der Waals surface area (Å²) < 4.78 is 0. The van der Waals surface area contributed by atoms with Crippen LogP contribution in [0.3, 0.4) is 0 Å². The van der Waals surface area contributed by atoms with E-state index in [4.69, 9.17) is 10.4 Å². The van der Waals surface area contributed by atoms with Gasteiger partial charge < -0.3 is 10.4 Å². The second-order valence-corrected chi connectivity index (χ2v) is 6.29. The Morgan fingerprint density at radius 2 is 1.68 bits per heavy atom. The monoisotopic (exact) mass is 340 g/mol. The van der Waals surface area contributed by atoms with Gasteiger partial charge >= 0.3 is 0 Å². The second kappa shape index (κ2) is 10.3. The first-order chi connectivity index (χ1) is 11.9. The number of hydrogen-bond acceptors (Lipinski definition) is 4. The van der Waals surface area contributed by atoms with Crippen molar-refractivity contribution in [2.24, 2.45) is 16.2 Å². The molecule has 0 aromatic rings. The molecule has 0 fully saturated rings. The summed E-state index contributed by atoms with van der Waals surface area (Å²) in [5.74, 6) is 0.272. The summed E-state index contributed by atoms with van der Waals surface area (Å²) in [6, 6.07) is 0. The van der Waals surface area contributed by atoms with Gasteiger partial charge in [-0.1, -0.05) is 71.4 Å². The van der Waals surface area contributed by atoms with Gasteiger partial charge in [0.2, 0.25) is 0 Å². The molecule has 2 N–H and O–H groups in total. The molecule has 1 rings (SSSR count). The van der Waals surface area contributed by atoms with Crippen molar-refractivity contribution >= 4 is 11.4 Å². The predicted molar refractivity (Wildman–Crippen MR) is 106 cm³/mol. The van der Waals surface area contributed by atoms with Crippen molar-refractivity contribution in [1.82, 2.24) is 0 Å². The molecule has 0 amide bonds. The smallest absolute Gasteiger partial charge is 0.0858 e. The van der Waals surface area contributed by atoms with Crippen molar-refractivity contribution in [3.63, 3.8) is 0 Å². The normalized spacial score (nSPS) is 22.5. The van der Waals surface area contributed by atoms with Crippen LogP contribution >= 0.6 is 0 Å². The van der Waals surface area contributed by atoms with Gasteiger partial charge in [0.15, 0.2) is 0 Å². The zero-order valence-corrected chi connectivity index (χ0v) is 15.7. The van der Waals surface area contributed by atoms with Crippen molar-refractivity contribution in [3.8, 4) is 0 Å². The third-order valence-corrected chi connectivity index (χ3v) is 4.24. The van der Waals surface area contributed by atoms with E-state index in [9.17, 15) is 0 Å². The Balaban J connectivity index is 2.63. The third kappa shape index (κ3) is 6.42. The van der Waals surface area contributed by atoms with Gasteiger partial charge in [0, 0.05) is 5.92 Å². The average molecular weight is 340 g/mol. The molecule has 0 aromatic heterocycles. The lowest BCUT2D eigenvalue weighted by Crippen LogP contribution is -2.04. The molecule has 0 saturated carbocycles. The van der Waals surface area contributed by atoms with E-state index in [-0.39, 0.29) is 5.92 Å². The minimum absolute atomic E-state index is 0.272. The molecule has 0 aliphatic heterocycles. The van der Waals surface area contributed by atoms with Gasteiger partial charge in [0.05, 0.1) is 11.4 Å². The highest BCUT2D eigenvalue weighted by atomic mass is 16.4. The van der Waals surface area contributed by atoms with Gasteiger partial charge in [-0.2, -0.15) is 0 Å². The molecule has 1 aliphatic carbocycles. The van der Waals surface area contributed by atoms with E-state index >= 15 is 0 Å². The molecule has 0 bridgehead atoms. The molecule has 0 radical (unpaired) electrons. The molecule has 0 heterocycles. The average Bonchev–Trinajstić information content (AvgIpc) is 2.85. The van der Waals surface area contributed by atoms with E-state index in [0.29, 0.717) is 5.71 Å². The molecule has 0 saturated heterocycles. The highest BCUT2D eigenvalue weighted by molar-refractivity contribution is 6.04. The number of allylic oxidation sites excluding steroid dienone is 12. The van der Waals surface area contributed by atoms with Crippen LogP contribution in [0, 0.1) is 5.92 Å². The quantitative estimate of drug-likeness (QED) is 0.287. The lowest BCUT2D eigenvalue weighted by Gasteiger charge is -2.00. The Morgan fingerprint density at radius 3 is 2.28 bits per heavy atom. The van der Waals surface area contributed by atoms with Crippen molar-refractivity contribution in [2.45, 2.75) is 41.0 Å². The first-order valence-electron chi connectivity index (χ1n) is 8.38. The number of oxime groups is 2. The number of nitrogens with zero attached hydrogens (tertiary/aromatic N) is 2. The summed E-state index contributed by atoms with van der Waals surface area (Å²) in [6.07, 6.45) is 16.7. The highest BCUT2D eigenvalue weighted by Crippen LogP contribution is 2.30. The fraction of sp³-hybridized carbons (Fsp3) is 0.333. The fourth-order valence-electron chi connectivity index (χ4n) is 2.58. The van der Waals surface area contributed by atoms with Gasteiger partial charge in [-0.05, 0) is 50.8 Å². The van der Waals surface area contributed by atoms with E-state index in [2.05, 4.69) is 30.2 Å². The third-order valence-electron chi connectivity index (χ3n) is 4.24. The van der Waals surface area contributed by atoms with Crippen LogP contribution < -0.4 is 0 Å². The van der Waals surface area contributed by atoms with E-state index in [1.807, 2.05) is 56.4 Å². The lowest BCUT2D eigenvalue weighted by molar-refractivity contribution is 0.316. The maximum Gasteiger partial charge on any atom is 0.0858 e. The lowest BCUT2D eigenvalue weighted by atomic mass is 10.1. The summed E-state index contributed by atoms with van der Waals surface area (Å²) >= 11 is 0. The molecule has 25 heavy (non-hydrogen) atoms. The Morgan fingerprint density at radius 1 is 1.04 bits per heavy atom. The first-order valence-corrected chi connectivity index (χ1v) is 8.38. The standard InChI is InChI=1S/C21H28N2O2/c1-15(13-20-14-17(3)21(23-25)18(20)4)11-9-7-6-8-10-12-16(2)19(5)22-24/h6-13,17,24-25H,14H2,1-5H3/b7-6+,10-8+,11-9+,15-13+,16-12+,22-19+,23-21+. The fourth-order valence-corrected chi connectivity index (χ4v) is 2.58. The molecule has 1 aliphatic rings. The molecule has 4 nitrogen and oxygen atoms in total. The minimum Gasteiger partial charge on any atom is -0.411 e. The van der Waals surface area contributed by atoms with Gasteiger partial charge in [-0.25, -0.2) is 0 Å². The van der Waals surface area contributed by atoms with E-state index < -0.39 is 0 Å². The Kier molecular flexibility index (Phi) is 8.40. The minimum atomic E-state index is 0.272. The summed E-state index contributed by atoms with van der Waals surface area (Å²) in [4.78, 5) is 0. The maximum absolute atomic E-state index is 9.06. The van der Waals surface area contributed by atoms with Crippen LogP contribution in [0.1, 0.15) is 41.0 Å². The van der Waals surface area contributed by atoms with E-state index in [0.717, 1.165) is 28.9 Å². The van der Waals surface area contributed by atoms with E-state index in [1.165, 1.54) is 5.57 Å². The summed E-state index contributed by atoms with van der Waals surface area (Å²) in [5.41, 5.74) is 5.77. The largest absolute Gasteiger partial charge is 0.411 e.